The molecule has 1 aromatic rings. The lowest BCUT2D eigenvalue weighted by atomic mass is 9.87. The quantitative estimate of drug-likeness (QED) is 0.824. The van der Waals surface area contributed by atoms with Crippen molar-refractivity contribution in [3.05, 3.63) is 35.9 Å². The Bertz CT molecular complexity index is 726. The van der Waals surface area contributed by atoms with Gasteiger partial charge in [0.2, 0.25) is 15.9 Å². The van der Waals surface area contributed by atoms with Gasteiger partial charge in [-0.3, -0.25) is 4.79 Å². The maximum Gasteiger partial charge on any atom is 0.226 e. The molecule has 5 nitrogen and oxygen atoms in total. The molecular formula is C19H26N2O3S. The van der Waals surface area contributed by atoms with Crippen LogP contribution in [-0.4, -0.2) is 49.7 Å². The van der Waals surface area contributed by atoms with Gasteiger partial charge in [0.1, 0.15) is 0 Å². The van der Waals surface area contributed by atoms with E-state index >= 15 is 0 Å². The number of rotatable bonds is 4. The molecule has 2 bridgehead atoms. The zero-order valence-corrected chi connectivity index (χ0v) is 15.3. The molecule has 1 heterocycles. The predicted molar refractivity (Wildman–Crippen MR) is 96.2 cm³/mol. The summed E-state index contributed by atoms with van der Waals surface area (Å²) in [6.45, 7) is 1.89. The van der Waals surface area contributed by atoms with Crippen LogP contribution >= 0.6 is 0 Å². The van der Waals surface area contributed by atoms with Crippen LogP contribution in [0.15, 0.2) is 30.3 Å². The monoisotopic (exact) mass is 362 g/mol. The normalized spacial score (nSPS) is 29.9. The molecule has 1 aliphatic heterocycles. The number of benzene rings is 1. The van der Waals surface area contributed by atoms with E-state index in [1.165, 1.54) is 19.3 Å². The van der Waals surface area contributed by atoms with Crippen LogP contribution in [0.25, 0.3) is 0 Å². The van der Waals surface area contributed by atoms with Gasteiger partial charge in [-0.2, -0.15) is 4.31 Å². The van der Waals surface area contributed by atoms with E-state index in [4.69, 9.17) is 0 Å². The van der Waals surface area contributed by atoms with Crippen LogP contribution in [0.2, 0.25) is 0 Å². The highest BCUT2D eigenvalue weighted by atomic mass is 32.2. The minimum atomic E-state index is -3.32. The lowest BCUT2D eigenvalue weighted by Gasteiger charge is -2.36. The molecule has 0 spiro atoms. The van der Waals surface area contributed by atoms with Crippen LogP contribution in [0.5, 0.6) is 0 Å². The van der Waals surface area contributed by atoms with Gasteiger partial charge in [0.05, 0.1) is 5.75 Å². The Morgan fingerprint density at radius 3 is 2.32 bits per heavy atom. The summed E-state index contributed by atoms with van der Waals surface area (Å²) in [6.07, 6.45) is 4.77. The highest BCUT2D eigenvalue weighted by Crippen LogP contribution is 2.48. The zero-order chi connectivity index (χ0) is 17.4. The lowest BCUT2D eigenvalue weighted by Crippen LogP contribution is -2.52. The van der Waals surface area contributed by atoms with Gasteiger partial charge in [0, 0.05) is 32.1 Å². The van der Waals surface area contributed by atoms with E-state index in [-0.39, 0.29) is 17.6 Å². The molecule has 0 radical (unpaired) electrons. The number of piperazine rings is 1. The summed E-state index contributed by atoms with van der Waals surface area (Å²) >= 11 is 0. The molecule has 1 saturated heterocycles. The summed E-state index contributed by atoms with van der Waals surface area (Å²) in [5, 5.41) is 0. The third-order valence-corrected chi connectivity index (χ3v) is 8.04. The molecule has 3 fully saturated rings. The number of nitrogens with zero attached hydrogens (tertiary/aromatic N) is 2. The van der Waals surface area contributed by atoms with Gasteiger partial charge < -0.3 is 4.90 Å². The maximum absolute atomic E-state index is 12.8. The molecule has 6 heteroatoms. The fourth-order valence-corrected chi connectivity index (χ4v) is 6.36. The van der Waals surface area contributed by atoms with Crippen molar-refractivity contribution in [2.75, 3.05) is 26.2 Å². The number of hydrogen-bond acceptors (Lipinski definition) is 3. The summed E-state index contributed by atoms with van der Waals surface area (Å²) in [6, 6.07) is 9.28. The van der Waals surface area contributed by atoms with E-state index in [2.05, 4.69) is 0 Å². The number of hydrogen-bond donors (Lipinski definition) is 0. The van der Waals surface area contributed by atoms with E-state index in [0.29, 0.717) is 32.1 Å². The van der Waals surface area contributed by atoms with E-state index < -0.39 is 10.0 Å². The highest BCUT2D eigenvalue weighted by Gasteiger charge is 2.45. The van der Waals surface area contributed by atoms with E-state index in [1.807, 2.05) is 35.2 Å². The Balaban J connectivity index is 1.34. The van der Waals surface area contributed by atoms with Gasteiger partial charge in [-0.1, -0.05) is 36.8 Å². The second kappa shape index (κ2) is 6.72. The third-order valence-electron chi connectivity index (χ3n) is 6.19. The lowest BCUT2D eigenvalue weighted by molar-refractivity contribution is -0.138. The van der Waals surface area contributed by atoms with Crippen molar-refractivity contribution in [2.45, 2.75) is 31.4 Å². The molecule has 0 aromatic heterocycles. The molecule has 3 aliphatic rings. The molecule has 2 saturated carbocycles. The molecule has 1 aromatic carbocycles. The molecule has 136 valence electrons. The first-order valence-electron chi connectivity index (χ1n) is 9.33. The largest absolute Gasteiger partial charge is 0.340 e. The van der Waals surface area contributed by atoms with Crippen molar-refractivity contribution in [1.29, 1.82) is 0 Å². The first-order chi connectivity index (χ1) is 12.0. The number of carbonyl (C=O) groups is 1. The van der Waals surface area contributed by atoms with Crippen molar-refractivity contribution in [3.63, 3.8) is 0 Å². The fraction of sp³-hybridized carbons (Fsp3) is 0.632. The first-order valence-corrected chi connectivity index (χ1v) is 10.9. The fourth-order valence-electron chi connectivity index (χ4n) is 4.84. The number of carbonyl (C=O) groups excluding carboxylic acids is 1. The van der Waals surface area contributed by atoms with Crippen molar-refractivity contribution in [1.82, 2.24) is 9.21 Å². The number of sulfonamides is 1. The topological polar surface area (TPSA) is 57.7 Å². The van der Waals surface area contributed by atoms with Gasteiger partial charge >= 0.3 is 0 Å². The smallest absolute Gasteiger partial charge is 0.226 e. The molecule has 1 amide bonds. The summed E-state index contributed by atoms with van der Waals surface area (Å²) in [4.78, 5) is 14.7. The average molecular weight is 362 g/mol. The van der Waals surface area contributed by atoms with Crippen LogP contribution in [0.4, 0.5) is 0 Å². The molecule has 25 heavy (non-hydrogen) atoms. The van der Waals surface area contributed by atoms with E-state index in [9.17, 15) is 13.2 Å². The number of amides is 1. The van der Waals surface area contributed by atoms with Crippen molar-refractivity contribution < 1.29 is 13.2 Å². The van der Waals surface area contributed by atoms with E-state index in [0.717, 1.165) is 17.9 Å². The van der Waals surface area contributed by atoms with Crippen molar-refractivity contribution >= 4 is 15.9 Å². The van der Waals surface area contributed by atoms with Gasteiger partial charge in [-0.05, 0) is 36.7 Å². The number of fused-ring (bicyclic) bond motifs is 2. The average Bonchev–Trinajstić information content (AvgIpc) is 3.25. The van der Waals surface area contributed by atoms with Crippen LogP contribution < -0.4 is 0 Å². The van der Waals surface area contributed by atoms with Gasteiger partial charge in [-0.15, -0.1) is 0 Å². The van der Waals surface area contributed by atoms with Crippen molar-refractivity contribution in [3.8, 4) is 0 Å². The second-order valence-electron chi connectivity index (χ2n) is 7.75. The summed E-state index contributed by atoms with van der Waals surface area (Å²) in [5.41, 5.74) is 0.808. The third kappa shape index (κ3) is 3.47. The Hall–Kier alpha value is -1.40. The van der Waals surface area contributed by atoms with Crippen molar-refractivity contribution in [2.24, 2.45) is 17.8 Å². The molecular weight excluding hydrogens is 336 g/mol. The van der Waals surface area contributed by atoms with Crippen LogP contribution in [0, 0.1) is 17.8 Å². The molecule has 3 atom stereocenters. The highest BCUT2D eigenvalue weighted by molar-refractivity contribution is 7.88. The summed E-state index contributed by atoms with van der Waals surface area (Å²) in [5.74, 6) is 1.84. The first kappa shape index (κ1) is 17.0. The summed E-state index contributed by atoms with van der Waals surface area (Å²) in [7, 11) is -3.32. The predicted octanol–water partition coefficient (Wildman–Crippen LogP) is 2.10. The van der Waals surface area contributed by atoms with Crippen LogP contribution in [-0.2, 0) is 20.6 Å². The zero-order valence-electron chi connectivity index (χ0n) is 14.5. The van der Waals surface area contributed by atoms with Gasteiger partial charge in [0.15, 0.2) is 0 Å². The molecule has 4 rings (SSSR count). The second-order valence-corrected chi connectivity index (χ2v) is 9.72. The minimum Gasteiger partial charge on any atom is -0.340 e. The van der Waals surface area contributed by atoms with Gasteiger partial charge in [-0.25, -0.2) is 8.42 Å². The Kier molecular flexibility index (Phi) is 4.58. The van der Waals surface area contributed by atoms with Gasteiger partial charge in [0.25, 0.3) is 0 Å². The SMILES string of the molecule is O=C(C1CC2CCC1C2)N1CCN(S(=O)(=O)Cc2ccccc2)CC1. The maximum atomic E-state index is 12.8. The summed E-state index contributed by atoms with van der Waals surface area (Å²) < 4.78 is 26.8. The Labute approximate surface area is 150 Å². The van der Waals surface area contributed by atoms with Crippen LogP contribution in [0.3, 0.4) is 0 Å². The molecule has 3 unspecified atom stereocenters. The standard InChI is InChI=1S/C19H26N2O3S/c22-19(18-13-16-6-7-17(18)12-16)20-8-10-21(11-9-20)25(23,24)14-15-4-2-1-3-5-15/h1-5,16-18H,6-14H2. The Morgan fingerprint density at radius 1 is 1.00 bits per heavy atom. The Morgan fingerprint density at radius 2 is 1.72 bits per heavy atom. The van der Waals surface area contributed by atoms with E-state index in [1.54, 1.807) is 4.31 Å². The molecule has 2 aliphatic carbocycles. The van der Waals surface area contributed by atoms with Crippen LogP contribution in [0.1, 0.15) is 31.2 Å². The molecule has 0 N–H and O–H groups in total. The minimum absolute atomic E-state index is 0.0359.